The van der Waals surface area contributed by atoms with E-state index >= 15 is 0 Å². The summed E-state index contributed by atoms with van der Waals surface area (Å²) in [6.45, 7) is 1.92. The predicted molar refractivity (Wildman–Crippen MR) is 87.1 cm³/mol. The van der Waals surface area contributed by atoms with Gasteiger partial charge in [0.2, 0.25) is 0 Å². The molecule has 2 heterocycles. The van der Waals surface area contributed by atoms with Crippen LogP contribution < -0.4 is 15.6 Å². The number of methoxy groups -OCH3 is 1. The van der Waals surface area contributed by atoms with Crippen molar-refractivity contribution in [3.8, 4) is 5.75 Å². The molecule has 0 bridgehead atoms. The Morgan fingerprint density at radius 3 is 2.83 bits per heavy atom. The topological polar surface area (TPSA) is 72.7 Å². The second kappa shape index (κ2) is 5.92. The van der Waals surface area contributed by atoms with Crippen molar-refractivity contribution >= 4 is 17.2 Å². The van der Waals surface area contributed by atoms with Crippen LogP contribution in [0.25, 0.3) is 5.65 Å². The number of aromatic nitrogens is 2. The van der Waals surface area contributed by atoms with Crippen LogP contribution in [-0.2, 0) is 0 Å². The van der Waals surface area contributed by atoms with Gasteiger partial charge in [-0.3, -0.25) is 14.0 Å². The number of hydrogen-bond acceptors (Lipinski definition) is 4. The zero-order chi connectivity index (χ0) is 16.4. The number of benzene rings is 1. The molecule has 6 heteroatoms. The van der Waals surface area contributed by atoms with Gasteiger partial charge in [0.25, 0.3) is 11.5 Å². The Bertz CT molecular complexity index is 947. The predicted octanol–water partition coefficient (Wildman–Crippen LogP) is 2.26. The Kier molecular flexibility index (Phi) is 3.80. The molecule has 0 unspecified atom stereocenters. The van der Waals surface area contributed by atoms with E-state index < -0.39 is 5.91 Å². The van der Waals surface area contributed by atoms with Gasteiger partial charge in [0.1, 0.15) is 17.1 Å². The second-order valence-electron chi connectivity index (χ2n) is 5.06. The molecule has 0 saturated heterocycles. The number of fused-ring (bicyclic) bond motifs is 1. The van der Waals surface area contributed by atoms with E-state index in [0.29, 0.717) is 17.0 Å². The fourth-order valence-corrected chi connectivity index (χ4v) is 2.28. The first kappa shape index (κ1) is 14.8. The summed E-state index contributed by atoms with van der Waals surface area (Å²) in [7, 11) is 1.49. The highest BCUT2D eigenvalue weighted by Gasteiger charge is 2.14. The Balaban J connectivity index is 1.98. The molecular formula is C17H15N3O3. The lowest BCUT2D eigenvalue weighted by molar-refractivity contribution is 0.102. The molecule has 0 saturated carbocycles. The number of rotatable bonds is 3. The van der Waals surface area contributed by atoms with Gasteiger partial charge >= 0.3 is 0 Å². The van der Waals surface area contributed by atoms with Crippen molar-refractivity contribution < 1.29 is 9.53 Å². The number of ether oxygens (including phenoxy) is 1. The van der Waals surface area contributed by atoms with Crippen molar-refractivity contribution in [3.05, 3.63) is 70.3 Å². The summed E-state index contributed by atoms with van der Waals surface area (Å²) in [6, 6.07) is 10.4. The number of aryl methyl sites for hydroxylation is 1. The molecule has 2 aromatic heterocycles. The van der Waals surface area contributed by atoms with E-state index in [9.17, 15) is 9.59 Å². The van der Waals surface area contributed by atoms with Gasteiger partial charge in [-0.1, -0.05) is 12.1 Å². The molecule has 0 aliphatic rings. The van der Waals surface area contributed by atoms with Gasteiger partial charge in [0.05, 0.1) is 18.9 Å². The maximum absolute atomic E-state index is 12.4. The quantitative estimate of drug-likeness (QED) is 0.805. The number of anilines is 1. The monoisotopic (exact) mass is 309 g/mol. The SMILES string of the molecule is COc1ccccc1C(=O)Nc1cnc2cc(C)ccn2c1=O. The maximum Gasteiger partial charge on any atom is 0.281 e. The molecule has 1 amide bonds. The van der Waals surface area contributed by atoms with Crippen LogP contribution in [0.4, 0.5) is 5.69 Å². The van der Waals surface area contributed by atoms with Crippen molar-refractivity contribution in [3.63, 3.8) is 0 Å². The molecule has 0 radical (unpaired) electrons. The number of nitrogens with one attached hydrogen (secondary N) is 1. The molecule has 1 N–H and O–H groups in total. The molecule has 116 valence electrons. The Hall–Kier alpha value is -3.15. The number of carbonyl (C=O) groups is 1. The van der Waals surface area contributed by atoms with Gasteiger partial charge in [-0.15, -0.1) is 0 Å². The normalized spacial score (nSPS) is 10.5. The van der Waals surface area contributed by atoms with Crippen LogP contribution in [0, 0.1) is 6.92 Å². The summed E-state index contributed by atoms with van der Waals surface area (Å²) in [5.74, 6) is 0.0166. The Morgan fingerprint density at radius 2 is 2.04 bits per heavy atom. The van der Waals surface area contributed by atoms with Crippen LogP contribution >= 0.6 is 0 Å². The van der Waals surface area contributed by atoms with Gasteiger partial charge < -0.3 is 10.1 Å². The standard InChI is InChI=1S/C17H15N3O3/c1-11-7-8-20-15(9-11)18-10-13(17(20)22)19-16(21)12-5-3-4-6-14(12)23-2/h3-10H,1-2H3,(H,19,21). The minimum atomic E-state index is -0.423. The summed E-state index contributed by atoms with van der Waals surface area (Å²) in [5, 5.41) is 2.59. The first-order chi connectivity index (χ1) is 11.1. The molecule has 0 aliphatic heterocycles. The summed E-state index contributed by atoms with van der Waals surface area (Å²) in [6.07, 6.45) is 3.00. The van der Waals surface area contributed by atoms with Gasteiger partial charge in [-0.05, 0) is 36.8 Å². The van der Waals surface area contributed by atoms with E-state index in [1.54, 1.807) is 36.5 Å². The molecule has 3 aromatic rings. The average molecular weight is 309 g/mol. The number of nitrogens with zero attached hydrogens (tertiary/aromatic N) is 2. The van der Waals surface area contributed by atoms with E-state index in [-0.39, 0.29) is 11.2 Å². The van der Waals surface area contributed by atoms with Crippen LogP contribution in [0.5, 0.6) is 5.75 Å². The lowest BCUT2D eigenvalue weighted by atomic mass is 10.2. The number of hydrogen-bond donors (Lipinski definition) is 1. The van der Waals surface area contributed by atoms with E-state index in [2.05, 4.69) is 10.3 Å². The Labute approximate surface area is 132 Å². The van der Waals surface area contributed by atoms with Crippen molar-refractivity contribution in [1.29, 1.82) is 0 Å². The molecule has 6 nitrogen and oxygen atoms in total. The summed E-state index contributed by atoms with van der Waals surface area (Å²) in [5.41, 5.74) is 1.66. The third-order valence-electron chi connectivity index (χ3n) is 3.47. The number of para-hydroxylation sites is 1. The van der Waals surface area contributed by atoms with Crippen LogP contribution in [-0.4, -0.2) is 22.4 Å². The van der Waals surface area contributed by atoms with Crippen LogP contribution in [0.1, 0.15) is 15.9 Å². The van der Waals surface area contributed by atoms with Gasteiger partial charge in [0, 0.05) is 6.20 Å². The highest BCUT2D eigenvalue weighted by Crippen LogP contribution is 2.18. The third kappa shape index (κ3) is 2.78. The summed E-state index contributed by atoms with van der Waals surface area (Å²) in [4.78, 5) is 29.0. The smallest absolute Gasteiger partial charge is 0.281 e. The lowest BCUT2D eigenvalue weighted by Crippen LogP contribution is -2.23. The zero-order valence-corrected chi connectivity index (χ0v) is 12.7. The van der Waals surface area contributed by atoms with Gasteiger partial charge in [-0.25, -0.2) is 4.98 Å². The zero-order valence-electron chi connectivity index (χ0n) is 12.7. The fraction of sp³-hybridized carbons (Fsp3) is 0.118. The van der Waals surface area contributed by atoms with Gasteiger partial charge in [0.15, 0.2) is 0 Å². The molecule has 0 aliphatic carbocycles. The molecule has 1 aromatic carbocycles. The second-order valence-corrected chi connectivity index (χ2v) is 5.06. The van der Waals surface area contributed by atoms with Crippen molar-refractivity contribution in [1.82, 2.24) is 9.38 Å². The minimum Gasteiger partial charge on any atom is -0.496 e. The average Bonchev–Trinajstić information content (AvgIpc) is 2.57. The van der Waals surface area contributed by atoms with E-state index in [1.807, 2.05) is 13.0 Å². The molecule has 3 rings (SSSR count). The minimum absolute atomic E-state index is 0.113. The highest BCUT2D eigenvalue weighted by atomic mass is 16.5. The van der Waals surface area contributed by atoms with E-state index in [1.165, 1.54) is 17.7 Å². The molecule has 0 spiro atoms. The van der Waals surface area contributed by atoms with Crippen molar-refractivity contribution in [2.24, 2.45) is 0 Å². The molecule has 0 atom stereocenters. The van der Waals surface area contributed by atoms with Crippen molar-refractivity contribution in [2.45, 2.75) is 6.92 Å². The van der Waals surface area contributed by atoms with Crippen LogP contribution in [0.3, 0.4) is 0 Å². The number of pyridine rings is 1. The summed E-state index contributed by atoms with van der Waals surface area (Å²) < 4.78 is 6.55. The van der Waals surface area contributed by atoms with E-state index in [4.69, 9.17) is 4.74 Å². The van der Waals surface area contributed by atoms with E-state index in [0.717, 1.165) is 5.56 Å². The maximum atomic E-state index is 12.4. The molecule has 23 heavy (non-hydrogen) atoms. The lowest BCUT2D eigenvalue weighted by Gasteiger charge is -2.09. The first-order valence-corrected chi connectivity index (χ1v) is 7.02. The number of amides is 1. The largest absolute Gasteiger partial charge is 0.496 e. The van der Waals surface area contributed by atoms with Gasteiger partial charge in [-0.2, -0.15) is 0 Å². The highest BCUT2D eigenvalue weighted by molar-refractivity contribution is 6.06. The fourth-order valence-electron chi connectivity index (χ4n) is 2.28. The summed E-state index contributed by atoms with van der Waals surface area (Å²) >= 11 is 0. The molecular weight excluding hydrogens is 294 g/mol. The van der Waals surface area contributed by atoms with Crippen LogP contribution in [0.2, 0.25) is 0 Å². The van der Waals surface area contributed by atoms with Crippen LogP contribution in [0.15, 0.2) is 53.6 Å². The molecule has 0 fully saturated rings. The third-order valence-corrected chi connectivity index (χ3v) is 3.47. The first-order valence-electron chi connectivity index (χ1n) is 7.02. The van der Waals surface area contributed by atoms with Crippen molar-refractivity contribution in [2.75, 3.05) is 12.4 Å². The number of carbonyl (C=O) groups excluding carboxylic acids is 1. The Morgan fingerprint density at radius 1 is 1.26 bits per heavy atom.